The molecule has 0 aliphatic carbocycles. The summed E-state index contributed by atoms with van der Waals surface area (Å²) in [5.74, 6) is -4.76. The monoisotopic (exact) mass is 439 g/mol. The lowest BCUT2D eigenvalue weighted by molar-refractivity contribution is -0.150. The Hall–Kier alpha value is -3.64. The first kappa shape index (κ1) is 22.1. The Kier molecular flexibility index (Phi) is 7.05. The SMILES string of the molecule is COC(=O)[C@@H]1C(=O)NC(SCC(=O)Nc2ccccc2F)=C(C#N)[C@@H]1c1ccccc1. The number of halogens is 1. The predicted octanol–water partition coefficient (Wildman–Crippen LogP) is 2.94. The molecule has 1 aliphatic heterocycles. The van der Waals surface area contributed by atoms with Crippen LogP contribution < -0.4 is 10.6 Å². The predicted molar refractivity (Wildman–Crippen MR) is 113 cm³/mol. The number of benzene rings is 2. The maximum Gasteiger partial charge on any atom is 0.319 e. The first-order valence-corrected chi connectivity index (χ1v) is 10.2. The maximum atomic E-state index is 13.7. The molecule has 0 bridgehead atoms. The Morgan fingerprint density at radius 1 is 1.19 bits per heavy atom. The third kappa shape index (κ3) is 4.92. The molecule has 0 unspecified atom stereocenters. The number of hydrogen-bond donors (Lipinski definition) is 2. The highest BCUT2D eigenvalue weighted by Crippen LogP contribution is 2.40. The molecule has 31 heavy (non-hydrogen) atoms. The normalized spacial score (nSPS) is 18.0. The second kappa shape index (κ2) is 9.91. The van der Waals surface area contributed by atoms with Crippen LogP contribution in [0.5, 0.6) is 0 Å². The first-order chi connectivity index (χ1) is 15.0. The highest BCUT2D eigenvalue weighted by molar-refractivity contribution is 8.03. The number of hydrogen-bond acceptors (Lipinski definition) is 6. The summed E-state index contributed by atoms with van der Waals surface area (Å²) in [7, 11) is 1.17. The van der Waals surface area contributed by atoms with Crippen molar-refractivity contribution in [3.8, 4) is 6.07 Å². The lowest BCUT2D eigenvalue weighted by Gasteiger charge is -2.30. The number of ether oxygens (including phenoxy) is 1. The molecule has 3 rings (SSSR count). The van der Waals surface area contributed by atoms with Crippen molar-refractivity contribution in [3.05, 3.63) is 76.6 Å². The van der Waals surface area contributed by atoms with Crippen molar-refractivity contribution in [2.75, 3.05) is 18.2 Å². The van der Waals surface area contributed by atoms with Gasteiger partial charge in [-0.25, -0.2) is 4.39 Å². The Balaban J connectivity index is 1.87. The largest absolute Gasteiger partial charge is 0.468 e. The summed E-state index contributed by atoms with van der Waals surface area (Å²) in [5, 5.41) is 15.0. The van der Waals surface area contributed by atoms with E-state index in [0.717, 1.165) is 11.8 Å². The molecule has 2 atom stereocenters. The zero-order valence-corrected chi connectivity index (χ0v) is 17.2. The molecule has 1 heterocycles. The molecule has 2 aromatic carbocycles. The molecule has 2 N–H and O–H groups in total. The lowest BCUT2D eigenvalue weighted by atomic mass is 9.78. The van der Waals surface area contributed by atoms with E-state index in [1.54, 1.807) is 36.4 Å². The summed E-state index contributed by atoms with van der Waals surface area (Å²) in [4.78, 5) is 37.3. The summed E-state index contributed by atoms with van der Waals surface area (Å²) in [5.41, 5.74) is 0.770. The fourth-order valence-corrected chi connectivity index (χ4v) is 4.08. The summed E-state index contributed by atoms with van der Waals surface area (Å²) < 4.78 is 18.5. The van der Waals surface area contributed by atoms with E-state index in [1.807, 2.05) is 0 Å². The van der Waals surface area contributed by atoms with Crippen LogP contribution in [0.25, 0.3) is 0 Å². The number of amides is 2. The second-order valence-electron chi connectivity index (χ2n) is 6.55. The molecule has 0 fully saturated rings. The van der Waals surface area contributed by atoms with Crippen molar-refractivity contribution < 1.29 is 23.5 Å². The van der Waals surface area contributed by atoms with E-state index >= 15 is 0 Å². The van der Waals surface area contributed by atoms with Gasteiger partial charge in [0.25, 0.3) is 0 Å². The Labute approximate surface area is 182 Å². The molecular weight excluding hydrogens is 421 g/mol. The number of carbonyl (C=O) groups excluding carboxylic acids is 3. The van der Waals surface area contributed by atoms with Crippen molar-refractivity contribution in [2.24, 2.45) is 5.92 Å². The number of rotatable bonds is 6. The quantitative estimate of drug-likeness (QED) is 0.529. The van der Waals surface area contributed by atoms with Crippen LogP contribution in [0.15, 0.2) is 65.2 Å². The van der Waals surface area contributed by atoms with Crippen LogP contribution in [-0.2, 0) is 19.1 Å². The van der Waals surface area contributed by atoms with E-state index in [2.05, 4.69) is 16.7 Å². The van der Waals surface area contributed by atoms with Crippen LogP contribution in [0, 0.1) is 23.1 Å². The highest BCUT2D eigenvalue weighted by atomic mass is 32.2. The van der Waals surface area contributed by atoms with Gasteiger partial charge in [-0.15, -0.1) is 0 Å². The number of nitrogens with one attached hydrogen (secondary N) is 2. The molecular formula is C22H18FN3O4S. The first-order valence-electron chi connectivity index (χ1n) is 9.21. The Morgan fingerprint density at radius 2 is 1.87 bits per heavy atom. The molecule has 7 nitrogen and oxygen atoms in total. The van der Waals surface area contributed by atoms with E-state index in [9.17, 15) is 24.0 Å². The summed E-state index contributed by atoms with van der Waals surface area (Å²) >= 11 is 0.925. The van der Waals surface area contributed by atoms with E-state index in [0.29, 0.717) is 5.56 Å². The number of esters is 1. The third-order valence-corrected chi connectivity index (χ3v) is 5.66. The summed E-state index contributed by atoms with van der Waals surface area (Å²) in [6.07, 6.45) is 0. The minimum Gasteiger partial charge on any atom is -0.468 e. The van der Waals surface area contributed by atoms with Crippen molar-refractivity contribution >= 4 is 35.2 Å². The topological polar surface area (TPSA) is 108 Å². The minimum atomic E-state index is -1.24. The van der Waals surface area contributed by atoms with Crippen LogP contribution in [-0.4, -0.2) is 30.6 Å². The van der Waals surface area contributed by atoms with E-state index in [1.165, 1.54) is 25.3 Å². The fourth-order valence-electron chi connectivity index (χ4n) is 3.23. The van der Waals surface area contributed by atoms with Gasteiger partial charge in [0, 0.05) is 5.92 Å². The zero-order chi connectivity index (χ0) is 22.4. The van der Waals surface area contributed by atoms with Crippen LogP contribution in [0.2, 0.25) is 0 Å². The van der Waals surface area contributed by atoms with Gasteiger partial charge >= 0.3 is 5.97 Å². The lowest BCUT2D eigenvalue weighted by Crippen LogP contribution is -2.44. The number of anilines is 1. The molecule has 0 radical (unpaired) electrons. The van der Waals surface area contributed by atoms with Crippen molar-refractivity contribution in [1.82, 2.24) is 5.32 Å². The number of methoxy groups -OCH3 is 1. The molecule has 0 saturated heterocycles. The van der Waals surface area contributed by atoms with Crippen molar-refractivity contribution in [3.63, 3.8) is 0 Å². The molecule has 2 amide bonds. The molecule has 2 aromatic rings. The summed E-state index contributed by atoms with van der Waals surface area (Å²) in [6, 6.07) is 16.5. The zero-order valence-electron chi connectivity index (χ0n) is 16.4. The van der Waals surface area contributed by atoms with E-state index < -0.39 is 35.4 Å². The number of nitrogens with zero attached hydrogens (tertiary/aromatic N) is 1. The molecule has 0 saturated carbocycles. The van der Waals surface area contributed by atoms with Crippen molar-refractivity contribution in [2.45, 2.75) is 5.92 Å². The van der Waals surface area contributed by atoms with Crippen molar-refractivity contribution in [1.29, 1.82) is 5.26 Å². The highest BCUT2D eigenvalue weighted by Gasteiger charge is 2.44. The molecule has 158 valence electrons. The Bertz CT molecular complexity index is 1080. The molecule has 0 aromatic heterocycles. The van der Waals surface area contributed by atoms with Gasteiger partial charge in [-0.3, -0.25) is 14.4 Å². The van der Waals surface area contributed by atoms with Gasteiger partial charge in [-0.05, 0) is 17.7 Å². The number of thioether (sulfide) groups is 1. The van der Waals surface area contributed by atoms with Gasteiger partial charge in [-0.1, -0.05) is 54.2 Å². The number of allylic oxidation sites excluding steroid dienone is 1. The third-order valence-electron chi connectivity index (χ3n) is 4.64. The maximum absolute atomic E-state index is 13.7. The molecule has 0 spiro atoms. The van der Waals surface area contributed by atoms with Crippen LogP contribution in [0.3, 0.4) is 0 Å². The smallest absolute Gasteiger partial charge is 0.319 e. The summed E-state index contributed by atoms with van der Waals surface area (Å²) in [6.45, 7) is 0. The molecule has 9 heteroatoms. The van der Waals surface area contributed by atoms with E-state index in [4.69, 9.17) is 4.74 Å². The van der Waals surface area contributed by atoms with Gasteiger partial charge in [0.1, 0.15) is 11.7 Å². The van der Waals surface area contributed by atoms with Gasteiger partial charge in [0.15, 0.2) is 0 Å². The average molecular weight is 439 g/mol. The van der Waals surface area contributed by atoms with Gasteiger partial charge in [0.05, 0.1) is 35.2 Å². The number of nitriles is 1. The minimum absolute atomic E-state index is 0.0307. The average Bonchev–Trinajstić information content (AvgIpc) is 2.78. The Morgan fingerprint density at radius 3 is 2.52 bits per heavy atom. The van der Waals surface area contributed by atoms with Crippen LogP contribution in [0.4, 0.5) is 10.1 Å². The fraction of sp³-hybridized carbons (Fsp3) is 0.182. The van der Waals surface area contributed by atoms with E-state index in [-0.39, 0.29) is 22.0 Å². The standard InChI is InChI=1S/C22H18FN3O4S/c1-30-22(29)19-18(13-7-3-2-4-8-13)14(11-24)21(26-20(19)28)31-12-17(27)25-16-10-6-5-9-15(16)23/h2-10,18-19H,12H2,1H3,(H,25,27)(H,26,28)/t18-,19-/m0/s1. The van der Waals surface area contributed by atoms with Gasteiger partial charge < -0.3 is 15.4 Å². The second-order valence-corrected chi connectivity index (χ2v) is 7.54. The van der Waals surface area contributed by atoms with Crippen LogP contribution in [0.1, 0.15) is 11.5 Å². The molecule has 1 aliphatic rings. The number of carbonyl (C=O) groups is 3. The van der Waals surface area contributed by atoms with Gasteiger partial charge in [-0.2, -0.15) is 5.26 Å². The number of para-hydroxylation sites is 1. The van der Waals surface area contributed by atoms with Gasteiger partial charge in [0.2, 0.25) is 11.8 Å². The van der Waals surface area contributed by atoms with Crippen LogP contribution >= 0.6 is 11.8 Å².